The highest BCUT2D eigenvalue weighted by Crippen LogP contribution is 2.17. The zero-order valence-corrected chi connectivity index (χ0v) is 13.0. The van der Waals surface area contributed by atoms with E-state index in [4.69, 9.17) is 14.2 Å². The van der Waals surface area contributed by atoms with Gasteiger partial charge in [0.05, 0.1) is 18.3 Å². The van der Waals surface area contributed by atoms with E-state index < -0.39 is 12.3 Å². The average Bonchev–Trinajstić information content (AvgIpc) is 2.39. The van der Waals surface area contributed by atoms with Crippen molar-refractivity contribution in [1.29, 1.82) is 0 Å². The predicted molar refractivity (Wildman–Crippen MR) is 77.3 cm³/mol. The Hall–Kier alpha value is -1.01. The first-order valence-corrected chi connectivity index (χ1v) is 7.82. The Kier molecular flexibility index (Phi) is 7.09. The van der Waals surface area contributed by atoms with Crippen LogP contribution in [0.3, 0.4) is 0 Å². The van der Waals surface area contributed by atoms with Gasteiger partial charge >= 0.3 is 11.9 Å². The van der Waals surface area contributed by atoms with E-state index in [1.807, 2.05) is 0 Å². The number of hydrogen-bond donors (Lipinski definition) is 0. The normalized spacial score (nSPS) is 21.6. The molecule has 0 bridgehead atoms. The first-order valence-electron chi connectivity index (χ1n) is 6.66. The van der Waals surface area contributed by atoms with Gasteiger partial charge < -0.3 is 14.2 Å². The quantitative estimate of drug-likeness (QED) is 0.553. The summed E-state index contributed by atoms with van der Waals surface area (Å²) in [6.45, 7) is 9.20. The number of esters is 2. The molecule has 3 atom stereocenters. The largest absolute Gasteiger partial charge is 0.459 e. The summed E-state index contributed by atoms with van der Waals surface area (Å²) in [6.07, 6.45) is -0.405. The Balaban J connectivity index is 2.32. The lowest BCUT2D eigenvalue weighted by Crippen LogP contribution is -2.32. The highest BCUT2D eigenvalue weighted by Gasteiger charge is 2.24. The molecule has 0 spiro atoms. The molecule has 1 saturated heterocycles. The molecule has 1 aliphatic rings. The van der Waals surface area contributed by atoms with Crippen LogP contribution in [0.15, 0.2) is 12.2 Å². The van der Waals surface area contributed by atoms with E-state index in [0.29, 0.717) is 24.4 Å². The molecule has 3 unspecified atom stereocenters. The molecule has 1 aliphatic heterocycles. The van der Waals surface area contributed by atoms with Crippen LogP contribution in [0.4, 0.5) is 0 Å². The van der Waals surface area contributed by atoms with Gasteiger partial charge in [-0.1, -0.05) is 13.5 Å². The lowest BCUT2D eigenvalue weighted by molar-refractivity contribution is -0.179. The molecule has 0 aromatic rings. The van der Waals surface area contributed by atoms with Crippen LogP contribution in [0.1, 0.15) is 27.2 Å². The molecular formula is C14H22O5S. The summed E-state index contributed by atoms with van der Waals surface area (Å²) >= 11 is 1.70. The van der Waals surface area contributed by atoms with E-state index in [2.05, 4.69) is 6.58 Å². The number of hydrogen-bond acceptors (Lipinski definition) is 6. The van der Waals surface area contributed by atoms with Crippen LogP contribution in [0.25, 0.3) is 0 Å². The van der Waals surface area contributed by atoms with Gasteiger partial charge in [0, 0.05) is 11.3 Å². The molecule has 1 rings (SSSR count). The fourth-order valence-electron chi connectivity index (χ4n) is 1.71. The van der Waals surface area contributed by atoms with Crippen LogP contribution in [-0.4, -0.2) is 42.4 Å². The van der Waals surface area contributed by atoms with Crippen LogP contribution in [0.2, 0.25) is 0 Å². The predicted octanol–water partition coefficient (Wildman–Crippen LogP) is 2.15. The van der Waals surface area contributed by atoms with Gasteiger partial charge in [-0.15, -0.1) is 0 Å². The molecule has 5 nitrogen and oxygen atoms in total. The smallest absolute Gasteiger partial charge is 0.333 e. The molecule has 0 amide bonds. The molecule has 0 aromatic heterocycles. The van der Waals surface area contributed by atoms with Gasteiger partial charge in [-0.2, -0.15) is 11.8 Å². The molecule has 0 aliphatic carbocycles. The minimum absolute atomic E-state index is 0.323. The second-order valence-corrected chi connectivity index (χ2v) is 6.09. The maximum absolute atomic E-state index is 11.9. The summed E-state index contributed by atoms with van der Waals surface area (Å²) in [4.78, 5) is 23.3. The molecule has 0 N–H and O–H groups in total. The maximum Gasteiger partial charge on any atom is 0.333 e. The molecule has 114 valence electrons. The summed E-state index contributed by atoms with van der Waals surface area (Å²) < 4.78 is 15.7. The van der Waals surface area contributed by atoms with E-state index in [9.17, 15) is 9.59 Å². The Labute approximate surface area is 124 Å². The van der Waals surface area contributed by atoms with Crippen molar-refractivity contribution in [3.8, 4) is 0 Å². The van der Waals surface area contributed by atoms with Crippen LogP contribution in [-0.2, 0) is 23.8 Å². The highest BCUT2D eigenvalue weighted by atomic mass is 32.2. The van der Waals surface area contributed by atoms with Crippen molar-refractivity contribution in [3.63, 3.8) is 0 Å². The zero-order chi connectivity index (χ0) is 15.1. The molecule has 1 fully saturated rings. The summed E-state index contributed by atoms with van der Waals surface area (Å²) in [5, 5.41) is 0. The van der Waals surface area contributed by atoms with Crippen LogP contribution < -0.4 is 0 Å². The zero-order valence-electron chi connectivity index (χ0n) is 12.2. The fourth-order valence-corrected chi connectivity index (χ4v) is 2.44. The molecular weight excluding hydrogens is 280 g/mol. The lowest BCUT2D eigenvalue weighted by atomic mass is 10.0. The van der Waals surface area contributed by atoms with Crippen molar-refractivity contribution in [3.05, 3.63) is 12.2 Å². The van der Waals surface area contributed by atoms with Crippen molar-refractivity contribution < 1.29 is 23.8 Å². The summed E-state index contributed by atoms with van der Waals surface area (Å²) in [5.41, 5.74) is 0.347. The van der Waals surface area contributed by atoms with Crippen molar-refractivity contribution in [2.75, 3.05) is 18.1 Å². The SMILES string of the molecule is C=C(C)C(=O)OC(C)CC(C)C(=O)OC1CSCCO1. The Morgan fingerprint density at radius 1 is 1.45 bits per heavy atom. The molecule has 20 heavy (non-hydrogen) atoms. The first-order chi connectivity index (χ1) is 9.40. The monoisotopic (exact) mass is 302 g/mol. The van der Waals surface area contributed by atoms with Gasteiger partial charge in [-0.3, -0.25) is 4.79 Å². The number of carbonyl (C=O) groups is 2. The fraction of sp³-hybridized carbons (Fsp3) is 0.714. The highest BCUT2D eigenvalue weighted by molar-refractivity contribution is 7.99. The lowest BCUT2D eigenvalue weighted by Gasteiger charge is -2.24. The van der Waals surface area contributed by atoms with E-state index in [1.54, 1.807) is 32.5 Å². The standard InChI is InChI=1S/C14H22O5S/c1-9(2)13(15)18-11(4)7-10(3)14(16)19-12-8-20-6-5-17-12/h10-12H,1,5-8H2,2-4H3. The minimum atomic E-state index is -0.461. The Bertz CT molecular complexity index is 363. The van der Waals surface area contributed by atoms with Crippen LogP contribution in [0.5, 0.6) is 0 Å². The van der Waals surface area contributed by atoms with Gasteiger partial charge in [-0.05, 0) is 20.3 Å². The van der Waals surface area contributed by atoms with E-state index >= 15 is 0 Å². The van der Waals surface area contributed by atoms with Gasteiger partial charge in [0.1, 0.15) is 6.10 Å². The van der Waals surface area contributed by atoms with Crippen LogP contribution >= 0.6 is 11.8 Å². The van der Waals surface area contributed by atoms with Gasteiger partial charge in [-0.25, -0.2) is 4.79 Å². The second-order valence-electron chi connectivity index (χ2n) is 4.95. The number of rotatable bonds is 6. The molecule has 6 heteroatoms. The third-order valence-corrected chi connectivity index (χ3v) is 3.74. The van der Waals surface area contributed by atoms with Crippen molar-refractivity contribution in [2.24, 2.45) is 5.92 Å². The van der Waals surface area contributed by atoms with Crippen molar-refractivity contribution in [1.82, 2.24) is 0 Å². The Morgan fingerprint density at radius 3 is 2.70 bits per heavy atom. The second kappa shape index (κ2) is 8.32. The van der Waals surface area contributed by atoms with E-state index in [0.717, 1.165) is 5.75 Å². The van der Waals surface area contributed by atoms with Crippen molar-refractivity contribution >= 4 is 23.7 Å². The maximum atomic E-state index is 11.9. The third-order valence-electron chi connectivity index (χ3n) is 2.78. The first kappa shape index (κ1) is 17.0. The van der Waals surface area contributed by atoms with Gasteiger partial charge in [0.25, 0.3) is 0 Å². The van der Waals surface area contributed by atoms with Crippen LogP contribution in [0, 0.1) is 5.92 Å². The summed E-state index contributed by atoms with van der Waals surface area (Å²) in [7, 11) is 0. The topological polar surface area (TPSA) is 61.8 Å². The number of ether oxygens (including phenoxy) is 3. The molecule has 0 saturated carbocycles. The molecule has 0 radical (unpaired) electrons. The summed E-state index contributed by atoms with van der Waals surface area (Å²) in [5.74, 6) is 0.482. The molecule has 0 aromatic carbocycles. The van der Waals surface area contributed by atoms with E-state index in [-0.39, 0.29) is 18.0 Å². The van der Waals surface area contributed by atoms with Gasteiger partial charge in [0.15, 0.2) is 0 Å². The minimum Gasteiger partial charge on any atom is -0.459 e. The number of carbonyl (C=O) groups excluding carboxylic acids is 2. The average molecular weight is 302 g/mol. The molecule has 1 heterocycles. The van der Waals surface area contributed by atoms with E-state index in [1.165, 1.54) is 0 Å². The summed E-state index contributed by atoms with van der Waals surface area (Å²) in [6, 6.07) is 0. The van der Waals surface area contributed by atoms with Gasteiger partial charge in [0.2, 0.25) is 6.29 Å². The Morgan fingerprint density at radius 2 is 2.15 bits per heavy atom. The third kappa shape index (κ3) is 5.96. The number of thioether (sulfide) groups is 1. The van der Waals surface area contributed by atoms with Crippen molar-refractivity contribution in [2.45, 2.75) is 39.6 Å².